The molecular weight excluding hydrogens is 1160 g/mol. The Morgan fingerprint density at radius 2 is 0.433 bits per heavy atom. The Morgan fingerprint density at radius 1 is 0.178 bits per heavy atom. The molecule has 2 spiro atoms. The zero-order chi connectivity index (χ0) is 59.6. The summed E-state index contributed by atoms with van der Waals surface area (Å²) in [7, 11) is 0. The third-order valence-electron chi connectivity index (χ3n) is 18.3. The van der Waals surface area contributed by atoms with Gasteiger partial charge >= 0.3 is 0 Å². The molecule has 13 aromatic carbocycles. The van der Waals surface area contributed by atoms with E-state index in [9.17, 15) is 0 Å². The summed E-state index contributed by atoms with van der Waals surface area (Å²) < 4.78 is 0. The summed E-state index contributed by atoms with van der Waals surface area (Å²) in [6.45, 7) is 0. The minimum atomic E-state index is -0.429. The molecule has 0 atom stereocenters. The highest BCUT2D eigenvalue weighted by Gasteiger charge is 2.50. The maximum Gasteiger partial charge on any atom is 0.0745 e. The summed E-state index contributed by atoms with van der Waals surface area (Å²) in [5.41, 5.74) is 24.5. The Bertz CT molecular complexity index is 4670. The number of aromatic nitrogens is 1. The highest BCUT2D eigenvalue weighted by atomic mass is 32.2. The zero-order valence-corrected chi connectivity index (χ0v) is 52.1. The largest absolute Gasteiger partial charge is 0.256 e. The lowest BCUT2D eigenvalue weighted by molar-refractivity contribution is 0.667. The molecule has 5 heterocycles. The number of hydrogen-bond donors (Lipinski definition) is 0. The molecule has 0 bridgehead atoms. The van der Waals surface area contributed by atoms with E-state index in [1.54, 1.807) is 0 Å². The van der Waals surface area contributed by atoms with Crippen LogP contribution in [0.5, 0.6) is 0 Å². The van der Waals surface area contributed by atoms with Crippen LogP contribution >= 0.6 is 47.0 Å². The second-order valence-corrected chi connectivity index (χ2v) is 27.5. The summed E-state index contributed by atoms with van der Waals surface area (Å²) in [5, 5.41) is 0. The first kappa shape index (κ1) is 54.6. The van der Waals surface area contributed by atoms with Crippen LogP contribution < -0.4 is 0 Å². The number of fused-ring (bicyclic) bond motifs is 16. The summed E-state index contributed by atoms with van der Waals surface area (Å²) in [6.07, 6.45) is 1.87. The first-order valence-corrected chi connectivity index (χ1v) is 33.8. The molecule has 5 heteroatoms. The van der Waals surface area contributed by atoms with Gasteiger partial charge in [0.1, 0.15) is 0 Å². The van der Waals surface area contributed by atoms with Crippen LogP contribution in [-0.4, -0.2) is 4.98 Å². The summed E-state index contributed by atoms with van der Waals surface area (Å²) in [5.74, 6) is 0. The van der Waals surface area contributed by atoms with E-state index in [1.807, 2.05) is 59.3 Å². The van der Waals surface area contributed by atoms with E-state index >= 15 is 0 Å². The smallest absolute Gasteiger partial charge is 0.0745 e. The van der Waals surface area contributed by atoms with Crippen LogP contribution in [0.4, 0.5) is 0 Å². The van der Waals surface area contributed by atoms with Gasteiger partial charge in [0.2, 0.25) is 0 Å². The molecule has 0 radical (unpaired) electrons. The number of benzene rings is 13. The van der Waals surface area contributed by atoms with Gasteiger partial charge in [-0.25, -0.2) is 0 Å². The van der Waals surface area contributed by atoms with E-state index in [-0.39, 0.29) is 0 Å². The molecule has 0 saturated heterocycles. The van der Waals surface area contributed by atoms with Gasteiger partial charge in [0, 0.05) is 50.9 Å². The average Bonchev–Trinajstić information content (AvgIpc) is 0.699. The molecule has 1 aromatic heterocycles. The van der Waals surface area contributed by atoms with Crippen molar-refractivity contribution in [1.29, 1.82) is 0 Å². The van der Waals surface area contributed by atoms with Gasteiger partial charge in [0.15, 0.2) is 0 Å². The van der Waals surface area contributed by atoms with Crippen LogP contribution in [0.25, 0.3) is 66.9 Å². The number of nitrogens with zero attached hydrogens (tertiary/aromatic N) is 1. The van der Waals surface area contributed by atoms with Crippen molar-refractivity contribution in [3.63, 3.8) is 0 Å². The van der Waals surface area contributed by atoms with Crippen molar-refractivity contribution in [2.75, 3.05) is 0 Å². The molecular formula is C85H55NS4. The highest BCUT2D eigenvalue weighted by molar-refractivity contribution is 8.00. The first-order chi connectivity index (χ1) is 44.6. The van der Waals surface area contributed by atoms with Crippen LogP contribution in [0, 0.1) is 0 Å². The number of hydrogen-bond acceptors (Lipinski definition) is 5. The lowest BCUT2D eigenvalue weighted by Gasteiger charge is -2.45. The molecule has 424 valence electrons. The van der Waals surface area contributed by atoms with Gasteiger partial charge in [-0.1, -0.05) is 302 Å². The Labute approximate surface area is 543 Å². The van der Waals surface area contributed by atoms with Crippen LogP contribution in [0.3, 0.4) is 0 Å². The van der Waals surface area contributed by atoms with Gasteiger partial charge in [-0.2, -0.15) is 0 Å². The molecule has 0 amide bonds. The second kappa shape index (κ2) is 22.8. The third-order valence-corrected chi connectivity index (χ3v) is 22.8. The van der Waals surface area contributed by atoms with Crippen molar-refractivity contribution < 1.29 is 0 Å². The van der Waals surface area contributed by atoms with Crippen molar-refractivity contribution in [3.05, 3.63) is 378 Å². The number of rotatable bonds is 6. The van der Waals surface area contributed by atoms with Crippen molar-refractivity contribution in [1.82, 2.24) is 4.98 Å². The fourth-order valence-corrected chi connectivity index (χ4v) is 19.1. The van der Waals surface area contributed by atoms with E-state index < -0.39 is 10.8 Å². The van der Waals surface area contributed by atoms with Crippen molar-refractivity contribution >= 4 is 47.0 Å². The predicted molar refractivity (Wildman–Crippen MR) is 376 cm³/mol. The molecule has 0 aliphatic carbocycles. The first-order valence-electron chi connectivity index (χ1n) is 30.5. The SMILES string of the molecule is c1ccc(-c2cccc(-c3ccc4c(c3)Sc3cc(-c5ccccc5)ccc3C43c4ccccc4Sc4ccccc43)c2)cc1.c1ccc(-c2cccc(-c3ccc4c(c3)Sc3cc(-c5ccccn5)ccc3C43c4ccccc4Sc4ccccc43)c2)cc1. The van der Waals surface area contributed by atoms with Crippen molar-refractivity contribution in [2.45, 2.75) is 50.0 Å². The molecule has 1 nitrogen and oxygen atoms in total. The molecule has 14 aromatic rings. The van der Waals surface area contributed by atoms with E-state index in [4.69, 9.17) is 4.98 Å². The van der Waals surface area contributed by atoms with Crippen LogP contribution in [0.15, 0.2) is 373 Å². The van der Waals surface area contributed by atoms with E-state index in [1.165, 1.54) is 139 Å². The van der Waals surface area contributed by atoms with E-state index in [2.05, 4.69) is 322 Å². The lowest BCUT2D eigenvalue weighted by atomic mass is 9.64. The predicted octanol–water partition coefficient (Wildman–Crippen LogP) is 23.4. The average molecular weight is 1220 g/mol. The van der Waals surface area contributed by atoms with Crippen LogP contribution in [0.2, 0.25) is 0 Å². The molecule has 0 saturated carbocycles. The van der Waals surface area contributed by atoms with Gasteiger partial charge in [-0.15, -0.1) is 0 Å². The molecule has 0 N–H and O–H groups in total. The highest BCUT2D eigenvalue weighted by Crippen LogP contribution is 2.64. The summed E-state index contributed by atoms with van der Waals surface area (Å²) >= 11 is 7.57. The maximum absolute atomic E-state index is 4.69. The van der Waals surface area contributed by atoms with Gasteiger partial charge in [-0.3, -0.25) is 4.98 Å². The zero-order valence-electron chi connectivity index (χ0n) is 48.8. The standard InChI is InChI=1S/C43H28S2.C42H27NS2/c1-3-12-29(13-4-1)31-16-11-17-32(26-31)34-23-25-38-42(28-34)45-41-27-33(30-14-5-2-6-15-30)22-24-37(41)43(38)35-18-7-9-20-39(35)44-40-21-10-8-19-36(40)43;1-2-11-28(12-3-1)29-13-10-14-30(25-29)31-20-22-35-40(26-31)45-41-27-32(37-17-8-9-24-43-37)21-23-36(41)42(35)33-15-4-6-18-38(33)44-39-19-7-5-16-34(39)42/h1-28H;1-27H. The molecule has 4 aliphatic rings. The minimum absolute atomic E-state index is 0.409. The van der Waals surface area contributed by atoms with Crippen molar-refractivity contribution in [3.8, 4) is 66.9 Å². The lowest BCUT2D eigenvalue weighted by Crippen LogP contribution is -2.36. The normalized spacial score (nSPS) is 13.8. The van der Waals surface area contributed by atoms with Gasteiger partial charge in [0.05, 0.1) is 16.5 Å². The summed E-state index contributed by atoms with van der Waals surface area (Å²) in [6, 6.07) is 120. The second-order valence-electron chi connectivity index (χ2n) is 23.2. The Hall–Kier alpha value is -9.59. The monoisotopic (exact) mass is 1220 g/mol. The molecule has 0 fully saturated rings. The molecule has 18 rings (SSSR count). The molecule has 4 aliphatic heterocycles. The topological polar surface area (TPSA) is 12.9 Å². The Morgan fingerprint density at radius 3 is 0.789 bits per heavy atom. The fraction of sp³-hybridized carbons (Fsp3) is 0.0235. The molecule has 90 heavy (non-hydrogen) atoms. The van der Waals surface area contributed by atoms with Gasteiger partial charge in [0.25, 0.3) is 0 Å². The fourth-order valence-electron chi connectivity index (χ4n) is 14.2. The third kappa shape index (κ3) is 9.17. The van der Waals surface area contributed by atoms with Crippen LogP contribution in [0.1, 0.15) is 44.5 Å². The van der Waals surface area contributed by atoms with Gasteiger partial charge in [-0.05, 0) is 173 Å². The quantitative estimate of drug-likeness (QED) is 0.164. The van der Waals surface area contributed by atoms with Crippen LogP contribution in [-0.2, 0) is 10.8 Å². The van der Waals surface area contributed by atoms with E-state index in [0.717, 1.165) is 11.3 Å². The maximum atomic E-state index is 4.69. The van der Waals surface area contributed by atoms with E-state index in [0.29, 0.717) is 0 Å². The van der Waals surface area contributed by atoms with Gasteiger partial charge < -0.3 is 0 Å². The Kier molecular flexibility index (Phi) is 13.8. The van der Waals surface area contributed by atoms with Crippen molar-refractivity contribution in [2.24, 2.45) is 0 Å². The minimum Gasteiger partial charge on any atom is -0.256 e. The molecule has 0 unspecified atom stereocenters. The Balaban J connectivity index is 0.000000139. The number of pyridine rings is 1. The summed E-state index contributed by atoms with van der Waals surface area (Å²) in [4.78, 5) is 15.2.